The van der Waals surface area contributed by atoms with Gasteiger partial charge < -0.3 is 9.84 Å². The predicted octanol–water partition coefficient (Wildman–Crippen LogP) is 3.07. The summed E-state index contributed by atoms with van der Waals surface area (Å²) in [6, 6.07) is 4.32. The third-order valence-corrected chi connectivity index (χ3v) is 3.91. The van der Waals surface area contributed by atoms with Crippen LogP contribution in [0, 0.1) is 6.92 Å². The Hall–Kier alpha value is -0.580. The Morgan fingerprint density at radius 2 is 2.17 bits per heavy atom. The van der Waals surface area contributed by atoms with E-state index in [0.29, 0.717) is 11.8 Å². The number of rotatable bonds is 2. The molecule has 1 fully saturated rings. The lowest BCUT2D eigenvalue weighted by Gasteiger charge is -2.37. The molecule has 0 amide bonds. The minimum atomic E-state index is 0.261. The van der Waals surface area contributed by atoms with E-state index in [1.54, 1.807) is 0 Å². The molecular weight excluding hydrogens is 294 g/mol. The van der Waals surface area contributed by atoms with E-state index in [9.17, 15) is 5.11 Å². The van der Waals surface area contributed by atoms with Crippen LogP contribution in [-0.2, 0) is 11.3 Å². The van der Waals surface area contributed by atoms with Crippen molar-refractivity contribution in [3.63, 3.8) is 0 Å². The molecule has 3 nitrogen and oxygen atoms in total. The topological polar surface area (TPSA) is 32.7 Å². The smallest absolute Gasteiger partial charge is 0.123 e. The monoisotopic (exact) mass is 313 g/mol. The Labute approximate surface area is 117 Å². The Kier molecular flexibility index (Phi) is 4.30. The van der Waals surface area contributed by atoms with Gasteiger partial charge in [0.15, 0.2) is 0 Å². The van der Waals surface area contributed by atoms with Crippen LogP contribution in [0.5, 0.6) is 5.75 Å². The van der Waals surface area contributed by atoms with Crippen molar-refractivity contribution in [3.05, 3.63) is 27.7 Å². The van der Waals surface area contributed by atoms with E-state index in [-0.39, 0.29) is 6.10 Å². The van der Waals surface area contributed by atoms with Gasteiger partial charge in [0.2, 0.25) is 0 Å². The summed E-state index contributed by atoms with van der Waals surface area (Å²) >= 11 is 3.48. The minimum absolute atomic E-state index is 0.261. The number of hydrogen-bond donors (Lipinski definition) is 1. The van der Waals surface area contributed by atoms with Crippen LogP contribution in [0.15, 0.2) is 16.6 Å². The molecular formula is C14H20BrNO2. The number of halogens is 1. The molecule has 1 saturated heterocycles. The van der Waals surface area contributed by atoms with Crippen LogP contribution in [0.2, 0.25) is 0 Å². The molecule has 0 spiro atoms. The number of aromatic hydroxyl groups is 1. The lowest BCUT2D eigenvalue weighted by atomic mass is 10.1. The molecule has 100 valence electrons. The average molecular weight is 314 g/mol. The van der Waals surface area contributed by atoms with Crippen LogP contribution in [0.4, 0.5) is 0 Å². The van der Waals surface area contributed by atoms with Crippen LogP contribution < -0.4 is 0 Å². The van der Waals surface area contributed by atoms with Crippen molar-refractivity contribution in [1.29, 1.82) is 0 Å². The second-order valence-electron chi connectivity index (χ2n) is 5.15. The van der Waals surface area contributed by atoms with Gasteiger partial charge in [0.05, 0.1) is 12.7 Å². The number of morpholine rings is 1. The van der Waals surface area contributed by atoms with E-state index in [1.807, 2.05) is 19.1 Å². The Morgan fingerprint density at radius 3 is 2.89 bits per heavy atom. The Balaban J connectivity index is 2.18. The molecule has 2 rings (SSSR count). The zero-order valence-corrected chi connectivity index (χ0v) is 12.7. The first-order chi connectivity index (χ1) is 8.47. The number of hydrogen-bond acceptors (Lipinski definition) is 3. The molecule has 1 aliphatic heterocycles. The van der Waals surface area contributed by atoms with Crippen molar-refractivity contribution in [3.8, 4) is 5.75 Å². The summed E-state index contributed by atoms with van der Waals surface area (Å²) in [5.74, 6) is 0.407. The summed E-state index contributed by atoms with van der Waals surface area (Å²) in [4.78, 5) is 2.36. The van der Waals surface area contributed by atoms with Gasteiger partial charge in [0.25, 0.3) is 0 Å². The fourth-order valence-electron chi connectivity index (χ4n) is 2.34. The molecule has 4 heteroatoms. The Morgan fingerprint density at radius 1 is 1.44 bits per heavy atom. The second-order valence-corrected chi connectivity index (χ2v) is 6.07. The fraction of sp³-hybridized carbons (Fsp3) is 0.571. The first-order valence-electron chi connectivity index (χ1n) is 6.31. The molecule has 1 aliphatic rings. The zero-order valence-electron chi connectivity index (χ0n) is 11.1. The van der Waals surface area contributed by atoms with Crippen molar-refractivity contribution in [2.75, 3.05) is 13.2 Å². The number of aryl methyl sites for hydroxylation is 1. The number of nitrogens with zero attached hydrogens (tertiary/aromatic N) is 1. The van der Waals surface area contributed by atoms with E-state index in [1.165, 1.54) is 0 Å². The summed E-state index contributed by atoms with van der Waals surface area (Å²) in [5.41, 5.74) is 1.89. The van der Waals surface area contributed by atoms with Gasteiger partial charge in [-0.15, -0.1) is 0 Å². The summed E-state index contributed by atoms with van der Waals surface area (Å²) in [7, 11) is 0. The highest BCUT2D eigenvalue weighted by Gasteiger charge is 2.24. The fourth-order valence-corrected chi connectivity index (χ4v) is 2.96. The van der Waals surface area contributed by atoms with Gasteiger partial charge in [-0.05, 0) is 38.5 Å². The highest BCUT2D eigenvalue weighted by Crippen LogP contribution is 2.28. The summed E-state index contributed by atoms with van der Waals surface area (Å²) in [5, 5.41) is 10.1. The van der Waals surface area contributed by atoms with Crippen molar-refractivity contribution in [1.82, 2.24) is 4.90 Å². The van der Waals surface area contributed by atoms with Gasteiger partial charge in [-0.25, -0.2) is 0 Å². The number of phenolic OH excluding ortho intramolecular Hbond substituents is 1. The van der Waals surface area contributed by atoms with Crippen molar-refractivity contribution < 1.29 is 9.84 Å². The molecule has 1 heterocycles. The lowest BCUT2D eigenvalue weighted by Crippen LogP contribution is -2.46. The number of phenols is 1. The van der Waals surface area contributed by atoms with Gasteiger partial charge >= 0.3 is 0 Å². The molecule has 0 aliphatic carbocycles. The standard InChI is InChI=1S/C14H20BrNO2/c1-9-4-13(15)5-12(14(9)17)7-16-6-11(3)18-8-10(16)2/h4-5,10-11,17H,6-8H2,1-3H3. The average Bonchev–Trinajstić information content (AvgIpc) is 2.30. The van der Waals surface area contributed by atoms with Gasteiger partial charge in [-0.2, -0.15) is 0 Å². The normalized spacial score (nSPS) is 25.3. The number of benzene rings is 1. The second kappa shape index (κ2) is 5.59. The first-order valence-corrected chi connectivity index (χ1v) is 7.10. The maximum atomic E-state index is 10.1. The molecule has 2 atom stereocenters. The molecule has 18 heavy (non-hydrogen) atoms. The van der Waals surface area contributed by atoms with Crippen molar-refractivity contribution >= 4 is 15.9 Å². The molecule has 0 aromatic heterocycles. The largest absolute Gasteiger partial charge is 0.507 e. The molecule has 1 aromatic carbocycles. The molecule has 2 unspecified atom stereocenters. The highest BCUT2D eigenvalue weighted by molar-refractivity contribution is 9.10. The lowest BCUT2D eigenvalue weighted by molar-refractivity contribution is -0.0528. The quantitative estimate of drug-likeness (QED) is 0.910. The van der Waals surface area contributed by atoms with E-state index in [4.69, 9.17) is 4.74 Å². The van der Waals surface area contributed by atoms with Gasteiger partial charge in [-0.3, -0.25) is 4.90 Å². The zero-order chi connectivity index (χ0) is 13.3. The van der Waals surface area contributed by atoms with E-state index in [0.717, 1.165) is 35.3 Å². The predicted molar refractivity (Wildman–Crippen MR) is 75.8 cm³/mol. The molecule has 1 aromatic rings. The summed E-state index contributed by atoms with van der Waals surface area (Å²) < 4.78 is 6.64. The molecule has 0 bridgehead atoms. The summed E-state index contributed by atoms with van der Waals surface area (Å²) in [6.07, 6.45) is 0.261. The van der Waals surface area contributed by atoms with E-state index >= 15 is 0 Å². The van der Waals surface area contributed by atoms with Crippen LogP contribution in [0.25, 0.3) is 0 Å². The van der Waals surface area contributed by atoms with Crippen molar-refractivity contribution in [2.24, 2.45) is 0 Å². The van der Waals surface area contributed by atoms with Crippen LogP contribution in [0.3, 0.4) is 0 Å². The van der Waals surface area contributed by atoms with Crippen molar-refractivity contribution in [2.45, 2.75) is 39.5 Å². The van der Waals surface area contributed by atoms with Crippen LogP contribution >= 0.6 is 15.9 Å². The van der Waals surface area contributed by atoms with Gasteiger partial charge in [0, 0.05) is 29.2 Å². The summed E-state index contributed by atoms with van der Waals surface area (Å²) in [6.45, 7) is 8.61. The highest BCUT2D eigenvalue weighted by atomic mass is 79.9. The van der Waals surface area contributed by atoms with Gasteiger partial charge in [-0.1, -0.05) is 15.9 Å². The van der Waals surface area contributed by atoms with E-state index < -0.39 is 0 Å². The molecule has 0 radical (unpaired) electrons. The number of ether oxygens (including phenoxy) is 1. The SMILES string of the molecule is Cc1cc(Br)cc(CN2CC(C)OCC2C)c1O. The third kappa shape index (κ3) is 3.05. The van der Waals surface area contributed by atoms with E-state index in [2.05, 4.69) is 34.7 Å². The van der Waals surface area contributed by atoms with Crippen LogP contribution in [0.1, 0.15) is 25.0 Å². The van der Waals surface area contributed by atoms with Gasteiger partial charge in [0.1, 0.15) is 5.75 Å². The third-order valence-electron chi connectivity index (χ3n) is 3.45. The first kappa shape index (κ1) is 13.8. The Bertz CT molecular complexity index is 436. The molecule has 0 saturated carbocycles. The van der Waals surface area contributed by atoms with Crippen LogP contribution in [-0.4, -0.2) is 35.3 Å². The minimum Gasteiger partial charge on any atom is -0.507 e. The maximum absolute atomic E-state index is 10.1. The maximum Gasteiger partial charge on any atom is 0.123 e. The molecule has 1 N–H and O–H groups in total.